The first-order valence-corrected chi connectivity index (χ1v) is 7.57. The number of pyridine rings is 1. The van der Waals surface area contributed by atoms with Gasteiger partial charge in [-0.1, -0.05) is 0 Å². The maximum Gasteiger partial charge on any atom is 0.343 e. The van der Waals surface area contributed by atoms with Crippen LogP contribution >= 0.6 is 0 Å². The summed E-state index contributed by atoms with van der Waals surface area (Å²) in [7, 11) is 3.41. The van der Waals surface area contributed by atoms with E-state index in [4.69, 9.17) is 10.5 Å². The number of nitrogens with two attached hydrogens (primary N) is 1. The van der Waals surface area contributed by atoms with Crippen LogP contribution < -0.4 is 15.5 Å². The Morgan fingerprint density at radius 2 is 2.24 bits per heavy atom. The third-order valence-electron chi connectivity index (χ3n) is 3.60. The van der Waals surface area contributed by atoms with Gasteiger partial charge >= 0.3 is 11.9 Å². The summed E-state index contributed by atoms with van der Waals surface area (Å²) in [4.78, 5) is 29.7. The molecular formula is C15H20N7O3+. The number of aromatic nitrogens is 3. The maximum atomic E-state index is 12.3. The van der Waals surface area contributed by atoms with Crippen molar-refractivity contribution < 1.29 is 20.0 Å². The van der Waals surface area contributed by atoms with Gasteiger partial charge in [-0.15, -0.1) is 5.10 Å². The number of hydrogen-bond donors (Lipinski definition) is 4. The topological polar surface area (TPSA) is 140 Å². The standard InChI is InChI=1S/C15H19N7O3/c1-4-21(3)15-19-11-7-9(5-6-22(11)20-15)18-13(23)12(17-2)10(8-16)14(24)25/h5-8,16-17H,4H2,1-3H3,(H,18,23)(H,24,25)/p+1/b12-10+,16-8?. The number of anilines is 2. The molecule has 0 saturated heterocycles. The molecule has 0 aliphatic heterocycles. The van der Waals surface area contributed by atoms with Gasteiger partial charge in [0.25, 0.3) is 0 Å². The molecule has 0 saturated carbocycles. The van der Waals surface area contributed by atoms with E-state index in [1.165, 1.54) is 12.4 Å². The molecule has 2 heterocycles. The second kappa shape index (κ2) is 7.53. The van der Waals surface area contributed by atoms with Crippen molar-refractivity contribution in [1.82, 2.24) is 14.6 Å². The predicted molar refractivity (Wildman–Crippen MR) is 91.9 cm³/mol. The Morgan fingerprint density at radius 3 is 2.80 bits per heavy atom. The van der Waals surface area contributed by atoms with Crippen LogP contribution in [-0.4, -0.2) is 58.4 Å². The van der Waals surface area contributed by atoms with Gasteiger partial charge < -0.3 is 26.0 Å². The molecule has 25 heavy (non-hydrogen) atoms. The summed E-state index contributed by atoms with van der Waals surface area (Å²) in [5.41, 5.74) is 0.528. The van der Waals surface area contributed by atoms with Gasteiger partial charge in [-0.2, -0.15) is 4.98 Å². The van der Waals surface area contributed by atoms with Crippen LogP contribution in [0, 0.1) is 5.41 Å². The molecule has 0 aliphatic rings. The van der Waals surface area contributed by atoms with Gasteiger partial charge in [0.2, 0.25) is 11.6 Å². The Morgan fingerprint density at radius 1 is 1.52 bits per heavy atom. The van der Waals surface area contributed by atoms with Crippen molar-refractivity contribution in [1.29, 1.82) is 5.41 Å². The number of carboxylic acid groups (broad SMARTS) is 1. The molecule has 2 aromatic rings. The molecule has 0 aliphatic carbocycles. The molecule has 0 unspecified atom stereocenters. The number of fused-ring (bicyclic) bond motifs is 1. The number of amides is 1. The SMILES string of the molecule is CCN(C)c1nc2cc(NC(=O)/C([NH2+]C)=C(/C=N)C(=O)O)ccn2n1. The fraction of sp³-hybridized carbons (Fsp3) is 0.267. The molecule has 1 amide bonds. The Hall–Kier alpha value is -3.27. The van der Waals surface area contributed by atoms with Crippen LogP contribution in [0.4, 0.5) is 11.6 Å². The highest BCUT2D eigenvalue weighted by molar-refractivity contribution is 6.16. The number of carbonyl (C=O) groups excluding carboxylic acids is 1. The molecule has 0 atom stereocenters. The first-order chi connectivity index (χ1) is 11.9. The molecule has 0 radical (unpaired) electrons. The summed E-state index contributed by atoms with van der Waals surface area (Å²) in [6.45, 7) is 2.73. The van der Waals surface area contributed by atoms with E-state index in [1.54, 1.807) is 22.8 Å². The van der Waals surface area contributed by atoms with E-state index in [1.807, 2.05) is 18.9 Å². The minimum absolute atomic E-state index is 0.0877. The van der Waals surface area contributed by atoms with Gasteiger partial charge in [0.05, 0.1) is 7.05 Å². The van der Waals surface area contributed by atoms with Crippen LogP contribution in [0.3, 0.4) is 0 Å². The van der Waals surface area contributed by atoms with Crippen LogP contribution in [0.1, 0.15) is 6.92 Å². The molecule has 0 spiro atoms. The third kappa shape index (κ3) is 3.80. The van der Waals surface area contributed by atoms with Gasteiger partial charge in [0.1, 0.15) is 5.57 Å². The highest BCUT2D eigenvalue weighted by Crippen LogP contribution is 2.14. The van der Waals surface area contributed by atoms with Crippen molar-refractivity contribution in [2.24, 2.45) is 0 Å². The van der Waals surface area contributed by atoms with Crippen molar-refractivity contribution in [2.75, 3.05) is 30.9 Å². The molecule has 132 valence electrons. The van der Waals surface area contributed by atoms with Crippen LogP contribution in [0.15, 0.2) is 29.6 Å². The number of carboxylic acids is 1. The Kier molecular flexibility index (Phi) is 5.45. The van der Waals surface area contributed by atoms with Gasteiger partial charge in [0, 0.05) is 37.8 Å². The monoisotopic (exact) mass is 346 g/mol. The molecule has 0 aromatic carbocycles. The number of nitrogens with zero attached hydrogens (tertiary/aromatic N) is 4. The van der Waals surface area contributed by atoms with Crippen molar-refractivity contribution >= 4 is 35.4 Å². The van der Waals surface area contributed by atoms with Crippen molar-refractivity contribution in [3.8, 4) is 0 Å². The molecular weight excluding hydrogens is 326 g/mol. The number of aliphatic carboxylic acids is 1. The lowest BCUT2D eigenvalue weighted by Gasteiger charge is -2.09. The molecule has 2 aromatic heterocycles. The van der Waals surface area contributed by atoms with E-state index in [0.717, 1.165) is 6.54 Å². The molecule has 10 heteroatoms. The van der Waals surface area contributed by atoms with Gasteiger partial charge in [-0.05, 0) is 13.0 Å². The summed E-state index contributed by atoms with van der Waals surface area (Å²) in [5.74, 6) is -1.39. The number of rotatable bonds is 7. The van der Waals surface area contributed by atoms with Crippen molar-refractivity contribution in [3.63, 3.8) is 0 Å². The number of carbonyl (C=O) groups is 2. The zero-order valence-electron chi connectivity index (χ0n) is 14.1. The lowest BCUT2D eigenvalue weighted by atomic mass is 10.2. The van der Waals surface area contributed by atoms with Crippen LogP contribution in [0.5, 0.6) is 0 Å². The van der Waals surface area contributed by atoms with Gasteiger partial charge in [-0.3, -0.25) is 4.79 Å². The molecule has 0 fully saturated rings. The van der Waals surface area contributed by atoms with Gasteiger partial charge in [-0.25, -0.2) is 9.31 Å². The smallest absolute Gasteiger partial charge is 0.343 e. The molecule has 2 rings (SSSR count). The largest absolute Gasteiger partial charge is 0.477 e. The van der Waals surface area contributed by atoms with Crippen LogP contribution in [0.25, 0.3) is 5.65 Å². The molecule has 0 bridgehead atoms. The normalized spacial score (nSPS) is 11.8. The van der Waals surface area contributed by atoms with Crippen molar-refractivity contribution in [2.45, 2.75) is 6.92 Å². The zero-order chi connectivity index (χ0) is 18.6. The fourth-order valence-corrected chi connectivity index (χ4v) is 2.11. The quantitative estimate of drug-likeness (QED) is 0.386. The second-order valence-corrected chi connectivity index (χ2v) is 5.16. The van der Waals surface area contributed by atoms with Crippen LogP contribution in [0.2, 0.25) is 0 Å². The minimum atomic E-state index is -1.33. The van der Waals surface area contributed by atoms with Crippen LogP contribution in [-0.2, 0) is 9.59 Å². The molecule has 10 nitrogen and oxygen atoms in total. The number of quaternary nitrogens is 1. The Balaban J connectivity index is 2.31. The van der Waals surface area contributed by atoms with Gasteiger partial charge in [0.15, 0.2) is 5.65 Å². The number of nitrogens with one attached hydrogen (secondary N) is 2. The van der Waals surface area contributed by atoms with E-state index >= 15 is 0 Å². The summed E-state index contributed by atoms with van der Waals surface area (Å²) in [6.07, 6.45) is 2.30. The van der Waals surface area contributed by atoms with E-state index in [9.17, 15) is 9.59 Å². The lowest BCUT2D eigenvalue weighted by Crippen LogP contribution is -2.80. The Bertz CT molecular complexity index is 856. The first-order valence-electron chi connectivity index (χ1n) is 7.57. The fourth-order valence-electron chi connectivity index (χ4n) is 2.11. The van der Waals surface area contributed by atoms with Crippen molar-refractivity contribution in [3.05, 3.63) is 29.6 Å². The molecule has 5 N–H and O–H groups in total. The number of hydrogen-bond acceptors (Lipinski definition) is 6. The average molecular weight is 346 g/mol. The summed E-state index contributed by atoms with van der Waals surface area (Å²) < 4.78 is 1.58. The first kappa shape index (κ1) is 18.1. The summed E-state index contributed by atoms with van der Waals surface area (Å²) >= 11 is 0. The zero-order valence-corrected chi connectivity index (χ0v) is 14.1. The average Bonchev–Trinajstić information content (AvgIpc) is 3.01. The van der Waals surface area contributed by atoms with E-state index < -0.39 is 11.9 Å². The predicted octanol–water partition coefficient (Wildman–Crippen LogP) is -0.695. The summed E-state index contributed by atoms with van der Waals surface area (Å²) in [5, 5.41) is 24.5. The minimum Gasteiger partial charge on any atom is -0.477 e. The van der Waals surface area contributed by atoms with E-state index in [-0.39, 0.29) is 11.3 Å². The number of likely N-dealkylation sites (N-methyl/N-ethyl adjacent to an activating group) is 1. The summed E-state index contributed by atoms with van der Waals surface area (Å²) in [6, 6.07) is 3.27. The van der Waals surface area contributed by atoms with E-state index in [0.29, 0.717) is 23.5 Å². The third-order valence-corrected chi connectivity index (χ3v) is 3.60. The second-order valence-electron chi connectivity index (χ2n) is 5.16. The maximum absolute atomic E-state index is 12.3. The lowest BCUT2D eigenvalue weighted by molar-refractivity contribution is -0.570. The Labute approximate surface area is 143 Å². The highest BCUT2D eigenvalue weighted by atomic mass is 16.4. The highest BCUT2D eigenvalue weighted by Gasteiger charge is 2.22. The van der Waals surface area contributed by atoms with E-state index in [2.05, 4.69) is 15.4 Å².